The minimum absolute atomic E-state index is 0.0154. The third-order valence-corrected chi connectivity index (χ3v) is 8.88. The number of nitro groups is 1. The zero-order valence-electron chi connectivity index (χ0n) is 22.2. The summed E-state index contributed by atoms with van der Waals surface area (Å²) in [6.45, 7) is 6.35. The van der Waals surface area contributed by atoms with Gasteiger partial charge in [-0.15, -0.1) is 5.10 Å². The molecule has 0 atom stereocenters. The van der Waals surface area contributed by atoms with Crippen molar-refractivity contribution in [2.45, 2.75) is 37.1 Å². The van der Waals surface area contributed by atoms with Crippen LogP contribution in [0.4, 0.5) is 16.3 Å². The maximum Gasteiger partial charge on any atom is 0.413 e. The Morgan fingerprint density at radius 1 is 1.21 bits per heavy atom. The Kier molecular flexibility index (Phi) is 8.98. The van der Waals surface area contributed by atoms with Crippen LogP contribution in [0.3, 0.4) is 0 Å². The number of hydrogen-bond donors (Lipinski definition) is 2. The van der Waals surface area contributed by atoms with Gasteiger partial charge in [0.15, 0.2) is 5.82 Å². The van der Waals surface area contributed by atoms with Crippen LogP contribution in [0.15, 0.2) is 47.5 Å². The number of carbonyl (C=O) groups is 1. The van der Waals surface area contributed by atoms with Crippen molar-refractivity contribution in [1.29, 1.82) is 0 Å². The summed E-state index contributed by atoms with van der Waals surface area (Å²) in [5.41, 5.74) is 0.0377. The Morgan fingerprint density at radius 3 is 2.51 bits per heavy atom. The lowest BCUT2D eigenvalue weighted by Crippen LogP contribution is -2.35. The zero-order chi connectivity index (χ0) is 29.0. The molecule has 0 bridgehead atoms. The van der Waals surface area contributed by atoms with Gasteiger partial charge in [-0.3, -0.25) is 15.0 Å². The lowest BCUT2D eigenvalue weighted by Gasteiger charge is -2.21. The zero-order valence-corrected chi connectivity index (χ0v) is 24.0. The van der Waals surface area contributed by atoms with E-state index in [0.717, 1.165) is 21.7 Å². The molecular formula is C24H30N5O8SSi. The van der Waals surface area contributed by atoms with Crippen molar-refractivity contribution in [3.8, 4) is 17.2 Å². The van der Waals surface area contributed by atoms with Crippen LogP contribution in [-0.2, 0) is 16.6 Å². The van der Waals surface area contributed by atoms with Gasteiger partial charge in [0.2, 0.25) is 10.0 Å². The molecule has 0 aliphatic rings. The van der Waals surface area contributed by atoms with E-state index in [1.165, 1.54) is 26.5 Å². The quantitative estimate of drug-likeness (QED) is 0.185. The summed E-state index contributed by atoms with van der Waals surface area (Å²) >= 11 is 0. The summed E-state index contributed by atoms with van der Waals surface area (Å²) in [5.74, 6) is 0.888. The molecule has 1 radical (unpaired) electrons. The number of nitrogens with zero attached hydrogens (tertiary/aromatic N) is 4. The van der Waals surface area contributed by atoms with Crippen molar-refractivity contribution in [1.82, 2.24) is 14.5 Å². The van der Waals surface area contributed by atoms with Crippen LogP contribution in [0.25, 0.3) is 5.69 Å². The number of nitrogens with one attached hydrogen (secondary N) is 1. The van der Waals surface area contributed by atoms with Crippen molar-refractivity contribution in [3.63, 3.8) is 0 Å². The molecule has 3 rings (SSSR count). The minimum Gasteiger partial charge on any atom is -0.497 e. The number of aromatic nitrogens is 2. The number of methoxy groups -OCH3 is 2. The van der Waals surface area contributed by atoms with Crippen LogP contribution in [0.5, 0.6) is 11.5 Å². The number of non-ortho nitro benzene ring substituents is 1. The molecule has 1 amide bonds. The summed E-state index contributed by atoms with van der Waals surface area (Å²) in [6.07, 6.45) is 0.0633. The molecule has 0 fully saturated rings. The highest BCUT2D eigenvalue weighted by Gasteiger charge is 2.26. The van der Waals surface area contributed by atoms with E-state index in [2.05, 4.69) is 35.5 Å². The first-order valence-corrected chi connectivity index (χ1v) is 16.9. The van der Waals surface area contributed by atoms with Gasteiger partial charge < -0.3 is 14.6 Å². The first-order valence-electron chi connectivity index (χ1n) is 11.7. The standard InChI is InChI=1S/C24H30N5O8SSi/c1-36-19-8-6-17(21(15-19)37-2)16-25-38(34,35)22-14-18(29(32)33)7-9-20(22)28-11-10-23(26-28)27(24(30)31)12-13-39(3,4)5/h6-9,11,14-15,25H,12-13,16H2,1-5H3,(H,30,31). The maximum atomic E-state index is 13.4. The van der Waals surface area contributed by atoms with Crippen molar-refractivity contribution in [3.05, 3.63) is 64.3 Å². The third kappa shape index (κ3) is 7.33. The van der Waals surface area contributed by atoms with Gasteiger partial charge in [-0.25, -0.2) is 22.6 Å². The number of nitro benzene ring substituents is 1. The molecule has 3 aromatic rings. The monoisotopic (exact) mass is 576 g/mol. The Hall–Kier alpha value is -3.95. The van der Waals surface area contributed by atoms with Crippen LogP contribution < -0.4 is 19.1 Å². The smallest absolute Gasteiger partial charge is 0.413 e. The molecule has 2 aromatic carbocycles. The normalized spacial score (nSPS) is 11.7. The van der Waals surface area contributed by atoms with E-state index in [9.17, 15) is 28.4 Å². The molecule has 0 unspecified atom stereocenters. The molecule has 1 aromatic heterocycles. The molecule has 209 valence electrons. The van der Waals surface area contributed by atoms with Gasteiger partial charge in [-0.05, 0) is 18.2 Å². The van der Waals surface area contributed by atoms with Crippen molar-refractivity contribution < 1.29 is 32.7 Å². The summed E-state index contributed by atoms with van der Waals surface area (Å²) in [5, 5.41) is 25.4. The number of sulfonamides is 1. The van der Waals surface area contributed by atoms with Crippen molar-refractivity contribution >= 4 is 35.7 Å². The van der Waals surface area contributed by atoms with E-state index in [-0.39, 0.29) is 24.6 Å². The van der Waals surface area contributed by atoms with E-state index in [1.54, 1.807) is 18.2 Å². The number of ether oxygens (including phenoxy) is 2. The van der Waals surface area contributed by atoms with Gasteiger partial charge >= 0.3 is 6.09 Å². The molecule has 0 saturated heterocycles. The highest BCUT2D eigenvalue weighted by molar-refractivity contribution is 7.89. The Morgan fingerprint density at radius 2 is 1.92 bits per heavy atom. The minimum atomic E-state index is -4.33. The van der Waals surface area contributed by atoms with Gasteiger partial charge in [0.05, 0.1) is 30.9 Å². The number of anilines is 1. The second-order valence-corrected chi connectivity index (χ2v) is 17.1. The Balaban J connectivity index is 1.99. The van der Waals surface area contributed by atoms with Crippen LogP contribution >= 0.6 is 0 Å². The average molecular weight is 577 g/mol. The highest BCUT2D eigenvalue weighted by Crippen LogP contribution is 2.28. The average Bonchev–Trinajstić information content (AvgIpc) is 3.35. The molecule has 1 heterocycles. The molecule has 0 spiro atoms. The fraction of sp³-hybridized carbons (Fsp3) is 0.333. The maximum absolute atomic E-state index is 13.4. The van der Waals surface area contributed by atoms with Gasteiger partial charge in [0.1, 0.15) is 16.4 Å². The lowest BCUT2D eigenvalue weighted by molar-refractivity contribution is -0.385. The van der Waals surface area contributed by atoms with E-state index < -0.39 is 39.7 Å². The second-order valence-electron chi connectivity index (χ2n) is 9.70. The number of rotatable bonds is 12. The first-order chi connectivity index (χ1) is 18.3. The van der Waals surface area contributed by atoms with Gasteiger partial charge in [-0.2, -0.15) is 0 Å². The summed E-state index contributed by atoms with van der Waals surface area (Å²) in [6, 6.07) is 11.6. The molecule has 39 heavy (non-hydrogen) atoms. The van der Waals surface area contributed by atoms with Gasteiger partial charge in [0, 0.05) is 51.1 Å². The fourth-order valence-electron chi connectivity index (χ4n) is 3.54. The molecule has 2 N–H and O–H groups in total. The molecule has 13 nitrogen and oxygen atoms in total. The number of hydrogen-bond acceptors (Lipinski definition) is 8. The van der Waals surface area contributed by atoms with E-state index in [1.807, 2.05) is 0 Å². The van der Waals surface area contributed by atoms with E-state index >= 15 is 0 Å². The van der Waals surface area contributed by atoms with E-state index in [4.69, 9.17) is 9.47 Å². The van der Waals surface area contributed by atoms with E-state index in [0.29, 0.717) is 23.1 Å². The Bertz CT molecular complexity index is 1470. The first kappa shape index (κ1) is 29.6. The van der Waals surface area contributed by atoms with Crippen LogP contribution in [0, 0.1) is 16.2 Å². The summed E-state index contributed by atoms with van der Waals surface area (Å²) < 4.78 is 40.9. The molecule has 0 saturated carbocycles. The molecule has 15 heteroatoms. The van der Waals surface area contributed by atoms with Crippen molar-refractivity contribution in [2.24, 2.45) is 0 Å². The number of carboxylic acid groups (broad SMARTS) is 1. The highest BCUT2D eigenvalue weighted by atomic mass is 32.2. The van der Waals surface area contributed by atoms with Gasteiger partial charge in [-0.1, -0.05) is 25.7 Å². The summed E-state index contributed by atoms with van der Waals surface area (Å²) in [4.78, 5) is 23.2. The molecule has 0 aliphatic heterocycles. The second kappa shape index (κ2) is 11.8. The van der Waals surface area contributed by atoms with Gasteiger partial charge in [0.25, 0.3) is 5.69 Å². The predicted molar refractivity (Wildman–Crippen MR) is 146 cm³/mol. The SMILES string of the molecule is COc1ccc(CNS(=O)(=O)c2cc([N+](=O)[O-])ccc2-n2c[c]c(N(CC[Si](C)(C)C)C(=O)O)n2)c(OC)c1. The Labute approximate surface area is 227 Å². The fourth-order valence-corrected chi connectivity index (χ4v) is 5.65. The van der Waals surface area contributed by atoms with Crippen LogP contribution in [0.1, 0.15) is 5.56 Å². The van der Waals surface area contributed by atoms with Crippen molar-refractivity contribution in [2.75, 3.05) is 25.7 Å². The molecular weight excluding hydrogens is 546 g/mol. The lowest BCUT2D eigenvalue weighted by atomic mass is 10.2. The molecule has 0 aliphatic carbocycles. The summed E-state index contributed by atoms with van der Waals surface area (Å²) in [7, 11) is -2.99. The third-order valence-electron chi connectivity index (χ3n) is 5.73. The van der Waals surface area contributed by atoms with Crippen LogP contribution in [-0.4, -0.2) is 63.2 Å². The van der Waals surface area contributed by atoms with Crippen LogP contribution in [0.2, 0.25) is 25.7 Å². The topological polar surface area (TPSA) is 166 Å². The predicted octanol–water partition coefficient (Wildman–Crippen LogP) is 3.90. The number of amides is 1. The number of benzene rings is 2. The largest absolute Gasteiger partial charge is 0.497 e.